The molecule has 1 aromatic rings. The first-order valence-electron chi connectivity index (χ1n) is 5.50. The van der Waals surface area contributed by atoms with Crippen molar-refractivity contribution in [1.29, 1.82) is 0 Å². The summed E-state index contributed by atoms with van der Waals surface area (Å²) in [5, 5.41) is 0. The van der Waals surface area contributed by atoms with Crippen molar-refractivity contribution in [2.24, 2.45) is 0 Å². The van der Waals surface area contributed by atoms with Gasteiger partial charge in [-0.15, -0.1) is 11.6 Å². The van der Waals surface area contributed by atoms with Gasteiger partial charge in [0.2, 0.25) is 5.88 Å². The van der Waals surface area contributed by atoms with Gasteiger partial charge in [-0.1, -0.05) is 32.3 Å². The minimum atomic E-state index is 0.504. The molecule has 0 bridgehead atoms. The third kappa shape index (κ3) is 5.03. The van der Waals surface area contributed by atoms with Crippen LogP contribution in [0.25, 0.3) is 0 Å². The molecule has 0 radical (unpaired) electrons. The molecule has 0 fully saturated rings. The van der Waals surface area contributed by atoms with Crippen molar-refractivity contribution in [3.8, 4) is 5.88 Å². The zero-order valence-electron chi connectivity index (χ0n) is 9.21. The molecule has 0 aromatic carbocycles. The second-order valence-corrected chi connectivity index (χ2v) is 3.81. The molecule has 0 unspecified atom stereocenters. The van der Waals surface area contributed by atoms with E-state index in [9.17, 15) is 0 Å². The number of pyridine rings is 1. The third-order valence-corrected chi connectivity index (χ3v) is 2.51. The Bertz CT molecular complexity index is 261. The zero-order valence-corrected chi connectivity index (χ0v) is 9.96. The van der Waals surface area contributed by atoms with Crippen LogP contribution in [0.1, 0.15) is 38.2 Å². The van der Waals surface area contributed by atoms with E-state index in [2.05, 4.69) is 11.9 Å². The van der Waals surface area contributed by atoms with Crippen molar-refractivity contribution >= 4 is 11.6 Å². The maximum absolute atomic E-state index is 5.66. The lowest BCUT2D eigenvalue weighted by Crippen LogP contribution is -1.99. The molecule has 3 heteroatoms. The Hall–Kier alpha value is -0.760. The van der Waals surface area contributed by atoms with Crippen molar-refractivity contribution in [1.82, 2.24) is 4.98 Å². The maximum Gasteiger partial charge on any atom is 0.213 e. The smallest absolute Gasteiger partial charge is 0.213 e. The van der Waals surface area contributed by atoms with Crippen LogP contribution in [-0.4, -0.2) is 11.6 Å². The summed E-state index contributed by atoms with van der Waals surface area (Å²) in [6, 6.07) is 3.82. The van der Waals surface area contributed by atoms with Gasteiger partial charge in [0.05, 0.1) is 6.61 Å². The van der Waals surface area contributed by atoms with Crippen LogP contribution < -0.4 is 4.74 Å². The Morgan fingerprint density at radius 1 is 1.27 bits per heavy atom. The molecule has 1 rings (SSSR count). The fourth-order valence-corrected chi connectivity index (χ4v) is 1.44. The summed E-state index contributed by atoms with van der Waals surface area (Å²) in [5.41, 5.74) is 1.02. The van der Waals surface area contributed by atoms with Gasteiger partial charge in [0.25, 0.3) is 0 Å². The molecule has 84 valence electrons. The van der Waals surface area contributed by atoms with E-state index in [0.29, 0.717) is 11.8 Å². The van der Waals surface area contributed by atoms with Crippen molar-refractivity contribution in [3.63, 3.8) is 0 Å². The van der Waals surface area contributed by atoms with Crippen LogP contribution in [0.15, 0.2) is 18.3 Å². The van der Waals surface area contributed by atoms with Crippen LogP contribution in [-0.2, 0) is 5.88 Å². The standard InChI is InChI=1S/C12H18ClNO/c1-2-3-4-5-8-15-12-7-6-11(9-13)10-14-12/h6-7,10H,2-5,8-9H2,1H3. The largest absolute Gasteiger partial charge is 0.478 e. The van der Waals surface area contributed by atoms with Gasteiger partial charge in [-0.05, 0) is 12.0 Å². The number of rotatable bonds is 7. The first-order chi connectivity index (χ1) is 7.36. The molecule has 2 nitrogen and oxygen atoms in total. The fourth-order valence-electron chi connectivity index (χ4n) is 1.28. The molecule has 1 aromatic heterocycles. The summed E-state index contributed by atoms with van der Waals surface area (Å²) < 4.78 is 5.50. The molecule has 0 saturated carbocycles. The Morgan fingerprint density at radius 2 is 2.13 bits per heavy atom. The van der Waals surface area contributed by atoms with Crippen LogP contribution in [0.5, 0.6) is 5.88 Å². The summed E-state index contributed by atoms with van der Waals surface area (Å²) in [5.74, 6) is 1.20. The Balaban J connectivity index is 2.20. The first kappa shape index (κ1) is 12.3. The van der Waals surface area contributed by atoms with Crippen LogP contribution in [0.4, 0.5) is 0 Å². The van der Waals surface area contributed by atoms with Crippen LogP contribution in [0.3, 0.4) is 0 Å². The number of ether oxygens (including phenoxy) is 1. The lowest BCUT2D eigenvalue weighted by molar-refractivity contribution is 0.294. The molecular weight excluding hydrogens is 210 g/mol. The predicted molar refractivity (Wildman–Crippen MR) is 63.4 cm³/mol. The normalized spacial score (nSPS) is 10.3. The molecule has 0 N–H and O–H groups in total. The molecule has 1 heterocycles. The number of unbranched alkanes of at least 4 members (excludes halogenated alkanes) is 3. The highest BCUT2D eigenvalue weighted by Crippen LogP contribution is 2.10. The Morgan fingerprint density at radius 3 is 2.73 bits per heavy atom. The molecule has 0 aliphatic heterocycles. The number of hydrogen-bond donors (Lipinski definition) is 0. The second-order valence-electron chi connectivity index (χ2n) is 3.55. The summed E-state index contributed by atoms with van der Waals surface area (Å²) in [6.07, 6.45) is 6.63. The van der Waals surface area contributed by atoms with Gasteiger partial charge in [-0.2, -0.15) is 0 Å². The highest BCUT2D eigenvalue weighted by molar-refractivity contribution is 6.17. The topological polar surface area (TPSA) is 22.1 Å². The van der Waals surface area contributed by atoms with E-state index in [1.165, 1.54) is 19.3 Å². The molecule has 0 aliphatic carbocycles. The minimum absolute atomic E-state index is 0.504. The highest BCUT2D eigenvalue weighted by Gasteiger charge is 1.96. The quantitative estimate of drug-likeness (QED) is 0.523. The summed E-state index contributed by atoms with van der Waals surface area (Å²) in [4.78, 5) is 4.16. The third-order valence-electron chi connectivity index (χ3n) is 2.20. The lowest BCUT2D eigenvalue weighted by atomic mass is 10.2. The molecular formula is C12H18ClNO. The van der Waals surface area contributed by atoms with E-state index < -0.39 is 0 Å². The summed E-state index contributed by atoms with van der Waals surface area (Å²) >= 11 is 5.66. The van der Waals surface area contributed by atoms with E-state index in [1.54, 1.807) is 6.20 Å². The fraction of sp³-hybridized carbons (Fsp3) is 0.583. The number of hydrogen-bond acceptors (Lipinski definition) is 2. The molecule has 0 aliphatic rings. The monoisotopic (exact) mass is 227 g/mol. The Kier molecular flexibility index (Phi) is 6.17. The summed E-state index contributed by atoms with van der Waals surface area (Å²) in [7, 11) is 0. The number of aromatic nitrogens is 1. The van der Waals surface area contributed by atoms with Crippen molar-refractivity contribution in [2.75, 3.05) is 6.61 Å². The van der Waals surface area contributed by atoms with Gasteiger partial charge < -0.3 is 4.74 Å². The van der Waals surface area contributed by atoms with Crippen LogP contribution in [0, 0.1) is 0 Å². The maximum atomic E-state index is 5.66. The van der Waals surface area contributed by atoms with Gasteiger partial charge in [0.15, 0.2) is 0 Å². The van der Waals surface area contributed by atoms with E-state index in [0.717, 1.165) is 18.6 Å². The highest BCUT2D eigenvalue weighted by atomic mass is 35.5. The average Bonchev–Trinajstić information content (AvgIpc) is 2.30. The van der Waals surface area contributed by atoms with Gasteiger partial charge in [0.1, 0.15) is 0 Å². The molecule has 15 heavy (non-hydrogen) atoms. The van der Waals surface area contributed by atoms with Crippen molar-refractivity contribution in [2.45, 2.75) is 38.5 Å². The van der Waals surface area contributed by atoms with E-state index in [-0.39, 0.29) is 0 Å². The number of alkyl halides is 1. The summed E-state index contributed by atoms with van der Waals surface area (Å²) in [6.45, 7) is 2.96. The van der Waals surface area contributed by atoms with E-state index >= 15 is 0 Å². The van der Waals surface area contributed by atoms with Crippen LogP contribution in [0.2, 0.25) is 0 Å². The number of nitrogens with zero attached hydrogens (tertiary/aromatic N) is 1. The lowest BCUT2D eigenvalue weighted by Gasteiger charge is -2.04. The number of halogens is 1. The predicted octanol–water partition coefficient (Wildman–Crippen LogP) is 3.78. The van der Waals surface area contributed by atoms with Crippen LogP contribution >= 0.6 is 11.6 Å². The molecule has 0 spiro atoms. The van der Waals surface area contributed by atoms with Gasteiger partial charge in [-0.3, -0.25) is 0 Å². The SMILES string of the molecule is CCCCCCOc1ccc(CCl)cn1. The van der Waals surface area contributed by atoms with Crippen molar-refractivity contribution < 1.29 is 4.74 Å². The van der Waals surface area contributed by atoms with Crippen molar-refractivity contribution in [3.05, 3.63) is 23.9 Å². The zero-order chi connectivity index (χ0) is 10.9. The molecule has 0 atom stereocenters. The van der Waals surface area contributed by atoms with E-state index in [1.807, 2.05) is 12.1 Å². The molecule has 0 saturated heterocycles. The van der Waals surface area contributed by atoms with E-state index in [4.69, 9.17) is 16.3 Å². The average molecular weight is 228 g/mol. The molecule has 0 amide bonds. The van der Waals surface area contributed by atoms with Gasteiger partial charge in [0, 0.05) is 18.1 Å². The van der Waals surface area contributed by atoms with Gasteiger partial charge in [-0.25, -0.2) is 4.98 Å². The van der Waals surface area contributed by atoms with Gasteiger partial charge >= 0.3 is 0 Å². The first-order valence-corrected chi connectivity index (χ1v) is 6.04. The Labute approximate surface area is 96.6 Å². The second kappa shape index (κ2) is 7.52. The minimum Gasteiger partial charge on any atom is -0.478 e.